The first kappa shape index (κ1) is 24.2. The van der Waals surface area contributed by atoms with Crippen LogP contribution in [0.3, 0.4) is 0 Å². The number of aromatic nitrogens is 2. The van der Waals surface area contributed by atoms with Crippen LogP contribution < -0.4 is 5.32 Å². The maximum atomic E-state index is 12.3. The summed E-state index contributed by atoms with van der Waals surface area (Å²) in [6.07, 6.45) is -3.13. The van der Waals surface area contributed by atoms with Gasteiger partial charge in [-0.25, -0.2) is 4.79 Å². The molecule has 2 aliphatic heterocycles. The third kappa shape index (κ3) is 6.08. The lowest BCUT2D eigenvalue weighted by atomic mass is 9.93. The predicted octanol–water partition coefficient (Wildman–Crippen LogP) is 2.30. The highest BCUT2D eigenvalue weighted by atomic mass is 32.1. The number of thiophene rings is 1. The minimum Gasteiger partial charge on any atom is -0.475 e. The first-order chi connectivity index (χ1) is 15.0. The van der Waals surface area contributed by atoms with Crippen LogP contribution in [0.25, 0.3) is 0 Å². The smallest absolute Gasteiger partial charge is 0.475 e. The highest BCUT2D eigenvalue weighted by Gasteiger charge is 2.43. The number of nitrogens with zero attached hydrogens (tertiary/aromatic N) is 3. The maximum Gasteiger partial charge on any atom is 0.490 e. The van der Waals surface area contributed by atoms with Gasteiger partial charge in [-0.2, -0.15) is 18.3 Å². The van der Waals surface area contributed by atoms with Gasteiger partial charge >= 0.3 is 12.1 Å². The zero-order chi connectivity index (χ0) is 23.5. The number of amides is 1. The summed E-state index contributed by atoms with van der Waals surface area (Å²) < 4.78 is 39.3. The lowest BCUT2D eigenvalue weighted by Gasteiger charge is -2.19. The zero-order valence-electron chi connectivity index (χ0n) is 17.6. The first-order valence-corrected chi connectivity index (χ1v) is 10.8. The minimum absolute atomic E-state index is 0.0626. The summed E-state index contributed by atoms with van der Waals surface area (Å²) in [7, 11) is 1.78. The van der Waals surface area contributed by atoms with Gasteiger partial charge in [-0.3, -0.25) is 14.4 Å². The van der Waals surface area contributed by atoms with Crippen molar-refractivity contribution in [2.24, 2.45) is 18.9 Å². The molecule has 4 rings (SSSR count). The van der Waals surface area contributed by atoms with Gasteiger partial charge in [0.25, 0.3) is 5.91 Å². The molecule has 0 unspecified atom stereocenters. The quantitative estimate of drug-likeness (QED) is 0.691. The molecular weight excluding hydrogens is 449 g/mol. The molecule has 8 nitrogen and oxygen atoms in total. The van der Waals surface area contributed by atoms with E-state index in [-0.39, 0.29) is 5.91 Å². The average Bonchev–Trinajstić information content (AvgIpc) is 3.46. The number of carbonyl (C=O) groups is 2. The van der Waals surface area contributed by atoms with Crippen LogP contribution in [-0.2, 0) is 23.1 Å². The number of carbonyl (C=O) groups excluding carboxylic acids is 1. The van der Waals surface area contributed by atoms with Gasteiger partial charge < -0.3 is 15.2 Å². The van der Waals surface area contributed by atoms with Gasteiger partial charge in [0, 0.05) is 61.0 Å². The van der Waals surface area contributed by atoms with E-state index < -0.39 is 12.1 Å². The number of hydrogen-bond acceptors (Lipinski definition) is 6. The number of hydrogen-bond donors (Lipinski definition) is 2. The van der Waals surface area contributed by atoms with Crippen LogP contribution in [0.15, 0.2) is 24.4 Å². The highest BCUT2D eigenvalue weighted by Crippen LogP contribution is 2.34. The van der Waals surface area contributed by atoms with E-state index in [1.165, 1.54) is 9.75 Å². The lowest BCUT2D eigenvalue weighted by Crippen LogP contribution is -2.35. The fourth-order valence-corrected chi connectivity index (χ4v) is 4.85. The third-order valence-electron chi connectivity index (χ3n) is 5.51. The Morgan fingerprint density at radius 1 is 1.31 bits per heavy atom. The van der Waals surface area contributed by atoms with Crippen LogP contribution in [0, 0.1) is 18.8 Å². The molecule has 0 aromatic carbocycles. The Balaban J connectivity index is 0.000000360. The van der Waals surface area contributed by atoms with Crippen LogP contribution in [0.5, 0.6) is 0 Å². The van der Waals surface area contributed by atoms with Crippen molar-refractivity contribution in [1.29, 1.82) is 0 Å². The second-order valence-electron chi connectivity index (χ2n) is 7.86. The average molecular weight is 475 g/mol. The summed E-state index contributed by atoms with van der Waals surface area (Å²) in [5.41, 5.74) is 0.594. The number of alkyl halides is 3. The molecule has 0 bridgehead atoms. The van der Waals surface area contributed by atoms with Crippen molar-refractivity contribution in [3.8, 4) is 0 Å². The summed E-state index contributed by atoms with van der Waals surface area (Å²) in [5.74, 6) is -1.93. The molecule has 2 aromatic heterocycles. The fourth-order valence-electron chi connectivity index (χ4n) is 3.92. The van der Waals surface area contributed by atoms with Gasteiger partial charge in [-0.05, 0) is 25.1 Å². The van der Waals surface area contributed by atoms with E-state index in [4.69, 9.17) is 14.6 Å². The Morgan fingerprint density at radius 2 is 2.03 bits per heavy atom. The molecule has 3 atom stereocenters. The van der Waals surface area contributed by atoms with E-state index in [9.17, 15) is 18.0 Å². The van der Waals surface area contributed by atoms with Crippen molar-refractivity contribution in [2.75, 3.05) is 26.2 Å². The van der Waals surface area contributed by atoms with Crippen molar-refractivity contribution < 1.29 is 32.6 Å². The predicted molar refractivity (Wildman–Crippen MR) is 110 cm³/mol. The minimum atomic E-state index is -5.08. The number of likely N-dealkylation sites (tertiary alicyclic amines) is 1. The largest absolute Gasteiger partial charge is 0.490 e. The number of fused-ring (bicyclic) bond motifs is 1. The van der Waals surface area contributed by atoms with Gasteiger partial charge in [0.15, 0.2) is 0 Å². The van der Waals surface area contributed by atoms with Gasteiger partial charge in [-0.15, -0.1) is 11.3 Å². The molecule has 2 aliphatic rings. The molecule has 0 saturated carbocycles. The molecule has 1 amide bonds. The molecule has 32 heavy (non-hydrogen) atoms. The first-order valence-electron chi connectivity index (χ1n) is 10.00. The van der Waals surface area contributed by atoms with Crippen molar-refractivity contribution >= 4 is 23.2 Å². The molecule has 176 valence electrons. The standard InChI is InChI=1S/C18H24N4O2S.C2HF3O2/c1-12-3-4-14(25-12)8-22-9-15-13(11-24-17(15)10-22)7-19-18(23)16-5-6-20-21(16)2;3-2(4,5)1(6)7/h3-6,13,15,17H,7-11H2,1-2H3,(H,19,23);(H,6,7)/t13-,15+,17+;/m0./s1. The summed E-state index contributed by atoms with van der Waals surface area (Å²) in [5, 5.41) is 14.2. The zero-order valence-corrected chi connectivity index (χ0v) is 18.4. The number of carboxylic acid groups (broad SMARTS) is 1. The number of aliphatic carboxylic acids is 1. The van der Waals surface area contributed by atoms with E-state index in [2.05, 4.69) is 34.4 Å². The van der Waals surface area contributed by atoms with Crippen molar-refractivity contribution in [1.82, 2.24) is 20.0 Å². The van der Waals surface area contributed by atoms with Crippen LogP contribution in [0.4, 0.5) is 13.2 Å². The fraction of sp³-hybridized carbons (Fsp3) is 0.550. The molecule has 0 radical (unpaired) electrons. The Kier molecular flexibility index (Phi) is 7.57. The Hall–Kier alpha value is -2.44. The van der Waals surface area contributed by atoms with Crippen LogP contribution >= 0.6 is 11.3 Å². The van der Waals surface area contributed by atoms with Crippen molar-refractivity contribution in [3.05, 3.63) is 39.8 Å². The van der Waals surface area contributed by atoms with E-state index in [0.717, 1.165) is 26.2 Å². The molecule has 12 heteroatoms. The molecule has 2 aromatic rings. The molecule has 0 spiro atoms. The second kappa shape index (κ2) is 10.0. The van der Waals surface area contributed by atoms with Gasteiger partial charge in [0.05, 0.1) is 12.7 Å². The summed E-state index contributed by atoms with van der Waals surface area (Å²) in [4.78, 5) is 26.4. The van der Waals surface area contributed by atoms with Gasteiger partial charge in [0.2, 0.25) is 0 Å². The molecular formula is C20H25F3N4O4S. The van der Waals surface area contributed by atoms with E-state index in [1.807, 2.05) is 11.3 Å². The lowest BCUT2D eigenvalue weighted by molar-refractivity contribution is -0.192. The van der Waals surface area contributed by atoms with Crippen LogP contribution in [0.1, 0.15) is 20.2 Å². The van der Waals surface area contributed by atoms with Crippen LogP contribution in [0.2, 0.25) is 0 Å². The summed E-state index contributed by atoms with van der Waals surface area (Å²) in [6, 6.07) is 6.15. The monoisotopic (exact) mass is 474 g/mol. The van der Waals surface area contributed by atoms with Gasteiger partial charge in [0.1, 0.15) is 5.69 Å². The second-order valence-corrected chi connectivity index (χ2v) is 9.23. The maximum absolute atomic E-state index is 12.3. The molecule has 2 saturated heterocycles. The number of aryl methyl sites for hydroxylation is 2. The third-order valence-corrected chi connectivity index (χ3v) is 6.50. The molecule has 4 heterocycles. The van der Waals surface area contributed by atoms with Crippen molar-refractivity contribution in [2.45, 2.75) is 25.7 Å². The highest BCUT2D eigenvalue weighted by molar-refractivity contribution is 7.11. The number of rotatable bonds is 5. The van der Waals surface area contributed by atoms with E-state index in [1.54, 1.807) is 24.0 Å². The Morgan fingerprint density at radius 3 is 2.59 bits per heavy atom. The van der Waals surface area contributed by atoms with Gasteiger partial charge in [-0.1, -0.05) is 0 Å². The molecule has 2 N–H and O–H groups in total. The summed E-state index contributed by atoms with van der Waals surface area (Å²) >= 11 is 1.87. The van der Waals surface area contributed by atoms with Crippen molar-refractivity contribution in [3.63, 3.8) is 0 Å². The molecule has 0 aliphatic carbocycles. The summed E-state index contributed by atoms with van der Waals surface area (Å²) in [6.45, 7) is 6.60. The number of ether oxygens (including phenoxy) is 1. The number of carboxylic acids is 1. The van der Waals surface area contributed by atoms with Crippen LogP contribution in [-0.4, -0.2) is 70.2 Å². The molecule has 2 fully saturated rings. The normalized spacial score (nSPS) is 22.8. The number of halogens is 3. The number of nitrogens with one attached hydrogen (secondary N) is 1. The Bertz CT molecular complexity index is 945. The Labute approximate surface area is 187 Å². The van der Waals surface area contributed by atoms with E-state index in [0.29, 0.717) is 30.2 Å². The van der Waals surface area contributed by atoms with E-state index >= 15 is 0 Å². The topological polar surface area (TPSA) is 96.7 Å². The SMILES string of the molecule is Cc1ccc(CN2C[C@@H]3[C@@H](CNC(=O)c4ccnn4C)CO[C@@H]3C2)s1.O=C(O)C(F)(F)F.